The molecule has 2 atom stereocenters. The molecule has 1 aliphatic carbocycles. The molecule has 0 aromatic carbocycles. The highest BCUT2D eigenvalue weighted by atomic mass is 16.5. The van der Waals surface area contributed by atoms with E-state index in [0.29, 0.717) is 24.7 Å². The highest BCUT2D eigenvalue weighted by molar-refractivity contribution is 5.93. The number of carbonyl (C=O) groups excluding carboxylic acids is 1. The third-order valence-corrected chi connectivity index (χ3v) is 5.93. The normalized spacial score (nSPS) is 20.9. The number of amides is 2. The summed E-state index contributed by atoms with van der Waals surface area (Å²) in [6, 6.07) is 5.72. The van der Waals surface area contributed by atoms with Gasteiger partial charge in [-0.3, -0.25) is 9.48 Å². The Kier molecular flexibility index (Phi) is 4.57. The van der Waals surface area contributed by atoms with Crippen molar-refractivity contribution >= 4 is 23.3 Å². The molecule has 5 rings (SSSR count). The van der Waals surface area contributed by atoms with Crippen LogP contribution in [-0.4, -0.2) is 60.6 Å². The van der Waals surface area contributed by atoms with Crippen LogP contribution in [0.2, 0.25) is 0 Å². The van der Waals surface area contributed by atoms with Gasteiger partial charge in [-0.05, 0) is 25.0 Å². The maximum Gasteiger partial charge on any atom is 0.407 e. The second kappa shape index (κ2) is 7.29. The molecule has 3 aromatic heterocycles. The number of fused-ring (bicyclic) bond motifs is 1. The van der Waals surface area contributed by atoms with Crippen molar-refractivity contribution in [2.75, 3.05) is 18.4 Å². The van der Waals surface area contributed by atoms with E-state index >= 15 is 0 Å². The average molecular weight is 424 g/mol. The van der Waals surface area contributed by atoms with Gasteiger partial charge >= 0.3 is 6.09 Å². The predicted molar refractivity (Wildman–Crippen MR) is 112 cm³/mol. The van der Waals surface area contributed by atoms with E-state index in [2.05, 4.69) is 15.5 Å². The summed E-state index contributed by atoms with van der Waals surface area (Å²) in [5.41, 5.74) is 2.53. The van der Waals surface area contributed by atoms with Gasteiger partial charge in [-0.25, -0.2) is 9.31 Å². The second-order valence-electron chi connectivity index (χ2n) is 8.38. The molecule has 0 unspecified atom stereocenters. The number of likely N-dealkylation sites (tertiary alicyclic amines) is 1. The Labute approximate surface area is 178 Å². The Morgan fingerprint density at radius 3 is 2.77 bits per heavy atom. The third-order valence-electron chi connectivity index (χ3n) is 5.93. The molecule has 2 amide bonds. The molecular formula is C21H24N6O4. The molecule has 162 valence electrons. The van der Waals surface area contributed by atoms with Crippen LogP contribution < -0.4 is 10.1 Å². The first kappa shape index (κ1) is 19.4. The molecule has 4 heterocycles. The van der Waals surface area contributed by atoms with E-state index in [9.17, 15) is 14.7 Å². The number of rotatable bonds is 5. The maximum atomic E-state index is 12.0. The van der Waals surface area contributed by atoms with Gasteiger partial charge in [-0.1, -0.05) is 6.92 Å². The molecule has 1 aliphatic heterocycles. The smallest absolute Gasteiger partial charge is 0.407 e. The minimum atomic E-state index is -0.930. The first-order chi connectivity index (χ1) is 14.9. The van der Waals surface area contributed by atoms with Crippen LogP contribution in [0.25, 0.3) is 16.8 Å². The molecule has 3 aromatic rings. The Morgan fingerprint density at radius 2 is 2.06 bits per heavy atom. The van der Waals surface area contributed by atoms with Crippen molar-refractivity contribution in [3.63, 3.8) is 0 Å². The summed E-state index contributed by atoms with van der Waals surface area (Å²) in [7, 11) is 1.84. The number of hydrogen-bond acceptors (Lipinski definition) is 5. The molecule has 2 aliphatic rings. The molecule has 0 radical (unpaired) electrons. The van der Waals surface area contributed by atoms with Gasteiger partial charge in [0.1, 0.15) is 11.8 Å². The SMILES string of the molecule is C[C@H]1CN(C(=O)O)C[C@H]1Oc1cnn(C)c1-c1ccn2nc(NC(=O)C3CC3)cc2c1. The lowest BCUT2D eigenvalue weighted by Crippen LogP contribution is -2.29. The van der Waals surface area contributed by atoms with Gasteiger partial charge in [0.2, 0.25) is 5.91 Å². The van der Waals surface area contributed by atoms with Gasteiger partial charge in [0, 0.05) is 43.3 Å². The number of aryl methyl sites for hydroxylation is 1. The fourth-order valence-corrected chi connectivity index (χ4v) is 4.02. The van der Waals surface area contributed by atoms with Crippen molar-refractivity contribution in [3.8, 4) is 17.0 Å². The van der Waals surface area contributed by atoms with Crippen LogP contribution in [-0.2, 0) is 11.8 Å². The van der Waals surface area contributed by atoms with Crippen molar-refractivity contribution < 1.29 is 19.4 Å². The van der Waals surface area contributed by atoms with Gasteiger partial charge in [0.05, 0.1) is 18.3 Å². The quantitative estimate of drug-likeness (QED) is 0.650. The zero-order chi connectivity index (χ0) is 21.7. The lowest BCUT2D eigenvalue weighted by Gasteiger charge is -2.17. The highest BCUT2D eigenvalue weighted by Crippen LogP contribution is 2.34. The zero-order valence-electron chi connectivity index (χ0n) is 17.4. The fraction of sp³-hybridized carbons (Fsp3) is 0.429. The minimum Gasteiger partial charge on any atom is -0.484 e. The maximum absolute atomic E-state index is 12.0. The van der Waals surface area contributed by atoms with Crippen LogP contribution in [0.1, 0.15) is 19.8 Å². The molecule has 31 heavy (non-hydrogen) atoms. The molecule has 2 fully saturated rings. The predicted octanol–water partition coefficient (Wildman–Crippen LogP) is 2.46. The number of ether oxygens (including phenoxy) is 1. The zero-order valence-corrected chi connectivity index (χ0v) is 17.4. The summed E-state index contributed by atoms with van der Waals surface area (Å²) in [6.45, 7) is 2.77. The van der Waals surface area contributed by atoms with Crippen molar-refractivity contribution in [2.24, 2.45) is 18.9 Å². The molecule has 1 saturated heterocycles. The summed E-state index contributed by atoms with van der Waals surface area (Å²) in [5, 5.41) is 20.9. The first-order valence-corrected chi connectivity index (χ1v) is 10.4. The average Bonchev–Trinajstić information content (AvgIpc) is 3.28. The number of anilines is 1. The Hall–Kier alpha value is -3.56. The lowest BCUT2D eigenvalue weighted by atomic mass is 10.1. The molecular weight excluding hydrogens is 400 g/mol. The molecule has 1 saturated carbocycles. The van der Waals surface area contributed by atoms with Crippen LogP contribution in [0.3, 0.4) is 0 Å². The monoisotopic (exact) mass is 424 g/mol. The molecule has 10 heteroatoms. The van der Waals surface area contributed by atoms with Crippen molar-refractivity contribution in [3.05, 3.63) is 30.6 Å². The van der Waals surface area contributed by atoms with Gasteiger partial charge in [0.15, 0.2) is 11.6 Å². The largest absolute Gasteiger partial charge is 0.484 e. The number of aromatic nitrogens is 4. The van der Waals surface area contributed by atoms with E-state index in [1.807, 2.05) is 38.4 Å². The van der Waals surface area contributed by atoms with Gasteiger partial charge in [-0.15, -0.1) is 0 Å². The topological polar surface area (TPSA) is 114 Å². The van der Waals surface area contributed by atoms with E-state index in [-0.39, 0.29) is 23.8 Å². The van der Waals surface area contributed by atoms with Crippen LogP contribution in [0.4, 0.5) is 10.6 Å². The van der Waals surface area contributed by atoms with Crippen molar-refractivity contribution in [1.29, 1.82) is 0 Å². The van der Waals surface area contributed by atoms with Gasteiger partial charge < -0.3 is 20.1 Å². The number of nitrogens with one attached hydrogen (secondary N) is 1. The first-order valence-electron chi connectivity index (χ1n) is 10.4. The third kappa shape index (κ3) is 3.69. The van der Waals surface area contributed by atoms with Gasteiger partial charge in [-0.2, -0.15) is 10.2 Å². The molecule has 2 N–H and O–H groups in total. The number of carboxylic acid groups (broad SMARTS) is 1. The summed E-state index contributed by atoms with van der Waals surface area (Å²) in [5.74, 6) is 1.36. The van der Waals surface area contributed by atoms with E-state index in [4.69, 9.17) is 4.74 Å². The van der Waals surface area contributed by atoms with Crippen LogP contribution >= 0.6 is 0 Å². The van der Waals surface area contributed by atoms with E-state index in [1.165, 1.54) is 4.90 Å². The van der Waals surface area contributed by atoms with E-state index in [0.717, 1.165) is 29.6 Å². The Balaban J connectivity index is 1.40. The molecule has 0 bridgehead atoms. The van der Waals surface area contributed by atoms with E-state index < -0.39 is 6.09 Å². The number of pyridine rings is 1. The summed E-state index contributed by atoms with van der Waals surface area (Å²) >= 11 is 0. The number of carbonyl (C=O) groups is 2. The summed E-state index contributed by atoms with van der Waals surface area (Å²) in [4.78, 5) is 24.7. The molecule has 10 nitrogen and oxygen atoms in total. The summed E-state index contributed by atoms with van der Waals surface area (Å²) < 4.78 is 9.66. The van der Waals surface area contributed by atoms with Crippen molar-refractivity contribution in [1.82, 2.24) is 24.3 Å². The fourth-order valence-electron chi connectivity index (χ4n) is 4.02. The minimum absolute atomic E-state index is 0.0204. The number of nitrogens with zero attached hydrogens (tertiary/aromatic N) is 5. The molecule has 0 spiro atoms. The van der Waals surface area contributed by atoms with Crippen LogP contribution in [0, 0.1) is 11.8 Å². The summed E-state index contributed by atoms with van der Waals surface area (Å²) in [6.07, 6.45) is 4.21. The highest BCUT2D eigenvalue weighted by Gasteiger charge is 2.35. The Bertz CT molecular complexity index is 1160. The Morgan fingerprint density at radius 1 is 1.26 bits per heavy atom. The van der Waals surface area contributed by atoms with Gasteiger partial charge in [0.25, 0.3) is 0 Å². The standard InChI is InChI=1S/C21H24N6O4/c1-12-10-26(21(29)30)11-17(12)31-16-9-22-25(2)19(16)14-5-6-27-15(7-14)8-18(24-27)23-20(28)13-3-4-13/h5-9,12-13,17H,3-4,10-11H2,1-2H3,(H,29,30)(H,23,24,28)/t12-,17+/m0/s1. The van der Waals surface area contributed by atoms with E-state index in [1.54, 1.807) is 15.4 Å². The number of hydrogen-bond donors (Lipinski definition) is 2. The van der Waals surface area contributed by atoms with Crippen LogP contribution in [0.15, 0.2) is 30.6 Å². The lowest BCUT2D eigenvalue weighted by molar-refractivity contribution is -0.117. The van der Waals surface area contributed by atoms with Crippen molar-refractivity contribution in [2.45, 2.75) is 25.9 Å². The second-order valence-corrected chi connectivity index (χ2v) is 8.38. The van der Waals surface area contributed by atoms with Crippen LogP contribution in [0.5, 0.6) is 5.75 Å².